The van der Waals surface area contributed by atoms with Crippen LogP contribution in [0.1, 0.15) is 37.7 Å². The number of likely N-dealkylation sites (tertiary alicyclic amines) is 1. The predicted molar refractivity (Wildman–Crippen MR) is 95.4 cm³/mol. The van der Waals surface area contributed by atoms with Crippen molar-refractivity contribution >= 4 is 5.82 Å². The Morgan fingerprint density at radius 2 is 1.96 bits per heavy atom. The molecule has 3 fully saturated rings. The van der Waals surface area contributed by atoms with Crippen molar-refractivity contribution in [2.24, 2.45) is 11.8 Å². The topological polar surface area (TPSA) is 39.0 Å². The summed E-state index contributed by atoms with van der Waals surface area (Å²) in [6.45, 7) is 11.3. The van der Waals surface area contributed by atoms with E-state index in [0.29, 0.717) is 23.7 Å². The van der Waals surface area contributed by atoms with Gasteiger partial charge in [-0.25, -0.2) is 0 Å². The molecule has 2 bridgehead atoms. The molecule has 1 aliphatic carbocycles. The molecule has 3 aliphatic rings. The van der Waals surface area contributed by atoms with Gasteiger partial charge in [-0.15, -0.1) is 4.98 Å². The molecule has 3 heterocycles. The molecule has 0 N–H and O–H groups in total. The lowest BCUT2D eigenvalue weighted by atomic mass is 9.62. The molecule has 134 valence electrons. The van der Waals surface area contributed by atoms with Gasteiger partial charge in [0.1, 0.15) is 6.20 Å². The fraction of sp³-hybridized carbons (Fsp3) is 0.700. The van der Waals surface area contributed by atoms with Crippen molar-refractivity contribution in [1.82, 2.24) is 9.88 Å². The first-order valence-corrected chi connectivity index (χ1v) is 9.49. The number of hydrogen-bond acceptors (Lipinski definition) is 4. The Bertz CT molecular complexity index is 637. The Kier molecular flexibility index (Phi) is 4.77. The molecule has 0 amide bonds. The van der Waals surface area contributed by atoms with Crippen LogP contribution < -0.4 is 0 Å². The molecule has 1 saturated carbocycles. The van der Waals surface area contributed by atoms with E-state index in [1.54, 1.807) is 6.20 Å². The second-order valence-electron chi connectivity index (χ2n) is 7.63. The molecule has 0 radical (unpaired) electrons. The maximum absolute atomic E-state index is 7.30. The molecule has 2 aliphatic heterocycles. The third-order valence-electron chi connectivity index (χ3n) is 6.58. The molecule has 0 aromatic carbocycles. The standard InChI is InChI=1S/C20H27N3O2/c1-21-19-12-15(6-9-22-19)20(24-2)16-4-3-5-17(20)14-23(13-16)18-7-10-25-11-8-18/h6,9,12,16-18H,3-5,7-8,10-11,13-14H2,2H3. The number of hydrogen-bond donors (Lipinski definition) is 0. The second-order valence-corrected chi connectivity index (χ2v) is 7.63. The highest BCUT2D eigenvalue weighted by Gasteiger charge is 2.53. The van der Waals surface area contributed by atoms with Crippen molar-refractivity contribution < 1.29 is 9.47 Å². The lowest BCUT2D eigenvalue weighted by Crippen LogP contribution is -2.61. The third kappa shape index (κ3) is 2.87. The zero-order valence-corrected chi connectivity index (χ0v) is 15.0. The SMILES string of the molecule is [C-]#[N+]c1cc(C2(OC)C3CCCC2CN(C2CCOCC2)C3)ccn1. The molecule has 2 saturated heterocycles. The van der Waals surface area contributed by atoms with E-state index in [0.717, 1.165) is 44.7 Å². The van der Waals surface area contributed by atoms with Crippen LogP contribution in [0.4, 0.5) is 5.82 Å². The number of nitrogens with zero attached hydrogens (tertiary/aromatic N) is 3. The van der Waals surface area contributed by atoms with Crippen LogP contribution in [0.15, 0.2) is 18.3 Å². The summed E-state index contributed by atoms with van der Waals surface area (Å²) in [6.07, 6.45) is 7.74. The molecule has 0 spiro atoms. The Labute approximate surface area is 150 Å². The van der Waals surface area contributed by atoms with Gasteiger partial charge in [0.25, 0.3) is 5.82 Å². The lowest BCUT2D eigenvalue weighted by Gasteiger charge is -2.57. The van der Waals surface area contributed by atoms with Gasteiger partial charge in [0, 0.05) is 51.3 Å². The van der Waals surface area contributed by atoms with Gasteiger partial charge in [-0.3, -0.25) is 4.90 Å². The molecule has 1 aromatic heterocycles. The van der Waals surface area contributed by atoms with Gasteiger partial charge < -0.3 is 14.3 Å². The smallest absolute Gasteiger partial charge is 0.269 e. The Morgan fingerprint density at radius 3 is 2.60 bits per heavy atom. The van der Waals surface area contributed by atoms with E-state index in [4.69, 9.17) is 16.0 Å². The van der Waals surface area contributed by atoms with Gasteiger partial charge in [-0.05, 0) is 43.4 Å². The minimum absolute atomic E-state index is 0.262. The first kappa shape index (κ1) is 17.0. The first-order valence-electron chi connectivity index (χ1n) is 9.49. The Morgan fingerprint density at radius 1 is 1.24 bits per heavy atom. The number of pyridine rings is 1. The first-order chi connectivity index (χ1) is 12.3. The summed E-state index contributed by atoms with van der Waals surface area (Å²) < 4.78 is 11.8. The van der Waals surface area contributed by atoms with Gasteiger partial charge in [-0.1, -0.05) is 13.0 Å². The van der Waals surface area contributed by atoms with Crippen LogP contribution in [-0.2, 0) is 15.1 Å². The molecule has 4 rings (SSSR count). The fourth-order valence-electron chi connectivity index (χ4n) is 5.46. The summed E-state index contributed by atoms with van der Waals surface area (Å²) >= 11 is 0. The van der Waals surface area contributed by atoms with E-state index < -0.39 is 0 Å². The normalized spacial score (nSPS) is 33.8. The monoisotopic (exact) mass is 341 g/mol. The van der Waals surface area contributed by atoms with Crippen LogP contribution in [0, 0.1) is 18.4 Å². The highest BCUT2D eigenvalue weighted by Crippen LogP contribution is 2.52. The Hall–Kier alpha value is -1.48. The maximum Gasteiger partial charge on any atom is 0.269 e. The van der Waals surface area contributed by atoms with Crippen LogP contribution in [0.25, 0.3) is 4.85 Å². The fourth-order valence-corrected chi connectivity index (χ4v) is 5.46. The van der Waals surface area contributed by atoms with E-state index in [2.05, 4.69) is 20.8 Å². The van der Waals surface area contributed by atoms with Crippen LogP contribution >= 0.6 is 0 Å². The van der Waals surface area contributed by atoms with E-state index in [-0.39, 0.29) is 5.60 Å². The number of ether oxygens (including phenoxy) is 2. The van der Waals surface area contributed by atoms with E-state index in [9.17, 15) is 0 Å². The summed E-state index contributed by atoms with van der Waals surface area (Å²) in [7, 11) is 1.85. The van der Waals surface area contributed by atoms with Gasteiger partial charge in [-0.2, -0.15) is 0 Å². The van der Waals surface area contributed by atoms with E-state index in [1.165, 1.54) is 19.3 Å². The molecular formula is C20H27N3O2. The van der Waals surface area contributed by atoms with Gasteiger partial charge in [0.15, 0.2) is 0 Å². The zero-order chi connectivity index (χ0) is 17.3. The van der Waals surface area contributed by atoms with Crippen LogP contribution in [0.2, 0.25) is 0 Å². The third-order valence-corrected chi connectivity index (χ3v) is 6.58. The van der Waals surface area contributed by atoms with Gasteiger partial charge in [0.05, 0.1) is 5.60 Å². The largest absolute Gasteiger partial charge is 0.381 e. The minimum atomic E-state index is -0.262. The molecule has 1 aromatic rings. The van der Waals surface area contributed by atoms with Crippen molar-refractivity contribution in [2.75, 3.05) is 33.4 Å². The number of methoxy groups -OCH3 is 1. The highest BCUT2D eigenvalue weighted by molar-refractivity contribution is 5.41. The summed E-state index contributed by atoms with van der Waals surface area (Å²) in [6, 6.07) is 4.67. The van der Waals surface area contributed by atoms with E-state index in [1.807, 2.05) is 13.2 Å². The zero-order valence-electron chi connectivity index (χ0n) is 15.0. The number of fused-ring (bicyclic) bond motifs is 2. The quantitative estimate of drug-likeness (QED) is 0.790. The van der Waals surface area contributed by atoms with Gasteiger partial charge >= 0.3 is 0 Å². The molecule has 2 unspecified atom stereocenters. The van der Waals surface area contributed by atoms with Crippen molar-refractivity contribution in [3.05, 3.63) is 35.3 Å². The average molecular weight is 341 g/mol. The number of rotatable bonds is 3. The second kappa shape index (κ2) is 7.03. The van der Waals surface area contributed by atoms with Crippen molar-refractivity contribution in [2.45, 2.75) is 43.7 Å². The van der Waals surface area contributed by atoms with Crippen molar-refractivity contribution in [3.63, 3.8) is 0 Å². The summed E-state index contributed by atoms with van der Waals surface area (Å²) in [4.78, 5) is 10.4. The summed E-state index contributed by atoms with van der Waals surface area (Å²) in [5, 5.41) is 0. The minimum Gasteiger partial charge on any atom is -0.381 e. The summed E-state index contributed by atoms with van der Waals surface area (Å²) in [5.41, 5.74) is 0.889. The molecular weight excluding hydrogens is 314 g/mol. The molecule has 5 heteroatoms. The molecule has 2 atom stereocenters. The molecule has 25 heavy (non-hydrogen) atoms. The maximum atomic E-state index is 7.30. The Balaban J connectivity index is 1.65. The van der Waals surface area contributed by atoms with Crippen LogP contribution in [-0.4, -0.2) is 49.3 Å². The number of piperidine rings is 1. The van der Waals surface area contributed by atoms with Crippen LogP contribution in [0.3, 0.4) is 0 Å². The summed E-state index contributed by atoms with van der Waals surface area (Å²) in [5.74, 6) is 1.43. The van der Waals surface area contributed by atoms with Crippen molar-refractivity contribution in [1.29, 1.82) is 0 Å². The van der Waals surface area contributed by atoms with E-state index >= 15 is 0 Å². The van der Waals surface area contributed by atoms with Gasteiger partial charge in [0.2, 0.25) is 0 Å². The molecule has 5 nitrogen and oxygen atoms in total. The average Bonchev–Trinajstić information content (AvgIpc) is 2.67. The highest BCUT2D eigenvalue weighted by atomic mass is 16.5. The lowest BCUT2D eigenvalue weighted by molar-refractivity contribution is -0.177. The van der Waals surface area contributed by atoms with Crippen LogP contribution in [0.5, 0.6) is 0 Å². The number of aromatic nitrogens is 1. The van der Waals surface area contributed by atoms with Crippen molar-refractivity contribution in [3.8, 4) is 0 Å². The predicted octanol–water partition coefficient (Wildman–Crippen LogP) is 3.38.